The van der Waals surface area contributed by atoms with Gasteiger partial charge in [0.25, 0.3) is 0 Å². The van der Waals surface area contributed by atoms with Gasteiger partial charge >= 0.3 is 5.97 Å². The van der Waals surface area contributed by atoms with Gasteiger partial charge in [0.1, 0.15) is 11.0 Å². The number of esters is 1. The molecule has 1 aromatic rings. The van der Waals surface area contributed by atoms with E-state index in [1.54, 1.807) is 6.92 Å². The third kappa shape index (κ3) is 3.60. The lowest BCUT2D eigenvalue weighted by molar-refractivity contribution is -0.143. The summed E-state index contributed by atoms with van der Waals surface area (Å²) in [6.45, 7) is 3.35. The van der Waals surface area contributed by atoms with Gasteiger partial charge in [0, 0.05) is 5.56 Å². The number of hydrogen-bond acceptors (Lipinski definition) is 4. The minimum atomic E-state index is -1.14. The maximum absolute atomic E-state index is 13.7. The third-order valence-electron chi connectivity index (χ3n) is 2.36. The molecule has 0 aliphatic carbocycles. The predicted molar refractivity (Wildman–Crippen MR) is 72.0 cm³/mol. The van der Waals surface area contributed by atoms with E-state index in [2.05, 4.69) is 17.5 Å². The van der Waals surface area contributed by atoms with Crippen molar-refractivity contribution >= 4 is 28.9 Å². The van der Waals surface area contributed by atoms with E-state index in [0.29, 0.717) is 0 Å². The lowest BCUT2D eigenvalue weighted by Crippen LogP contribution is -2.28. The van der Waals surface area contributed by atoms with Crippen LogP contribution in [0.3, 0.4) is 0 Å². The standard InChI is InChI=1S/C12H14F2N2O2S/c1-3-18-12(17)6(2)16-8-5-4-7(11(15)19)9(13)10(8)14/h4-6,16H,3H2,1-2H3,(H2,15,19). The Morgan fingerprint density at radius 2 is 2.11 bits per heavy atom. The SMILES string of the molecule is CCOC(=O)C(C)Nc1ccc(C(N)=S)c(F)c1F. The van der Waals surface area contributed by atoms with Gasteiger partial charge in [0.15, 0.2) is 11.6 Å². The summed E-state index contributed by atoms with van der Waals surface area (Å²) in [5.74, 6) is -2.84. The number of carbonyl (C=O) groups excluding carboxylic acids is 1. The molecule has 104 valence electrons. The molecule has 19 heavy (non-hydrogen) atoms. The molecule has 3 N–H and O–H groups in total. The maximum Gasteiger partial charge on any atom is 0.328 e. The lowest BCUT2D eigenvalue weighted by Gasteiger charge is -2.15. The number of thiocarbonyl (C=S) groups is 1. The van der Waals surface area contributed by atoms with Gasteiger partial charge in [0.05, 0.1) is 12.3 Å². The number of halogens is 2. The summed E-state index contributed by atoms with van der Waals surface area (Å²) in [5, 5.41) is 2.53. The van der Waals surface area contributed by atoms with Crippen molar-refractivity contribution in [3.63, 3.8) is 0 Å². The second-order valence-electron chi connectivity index (χ2n) is 3.77. The van der Waals surface area contributed by atoms with Crippen LogP contribution in [0.4, 0.5) is 14.5 Å². The summed E-state index contributed by atoms with van der Waals surface area (Å²) in [4.78, 5) is 11.1. The van der Waals surface area contributed by atoms with Crippen LogP contribution in [0.5, 0.6) is 0 Å². The van der Waals surface area contributed by atoms with Crippen LogP contribution < -0.4 is 11.1 Å². The summed E-state index contributed by atoms with van der Waals surface area (Å²) in [6, 6.07) is 1.72. The second kappa shape index (κ2) is 6.42. The first-order chi connectivity index (χ1) is 8.88. The van der Waals surface area contributed by atoms with E-state index in [0.717, 1.165) is 0 Å². The predicted octanol–water partition coefficient (Wildman–Crippen LogP) is 1.96. The molecule has 0 aromatic heterocycles. The Labute approximate surface area is 114 Å². The number of hydrogen-bond donors (Lipinski definition) is 2. The van der Waals surface area contributed by atoms with Crippen LogP contribution >= 0.6 is 12.2 Å². The quantitative estimate of drug-likeness (QED) is 0.640. The average molecular weight is 288 g/mol. The van der Waals surface area contributed by atoms with E-state index < -0.39 is 23.6 Å². The highest BCUT2D eigenvalue weighted by Crippen LogP contribution is 2.21. The van der Waals surface area contributed by atoms with Gasteiger partial charge in [-0.05, 0) is 26.0 Å². The van der Waals surface area contributed by atoms with E-state index >= 15 is 0 Å². The zero-order valence-corrected chi connectivity index (χ0v) is 11.3. The van der Waals surface area contributed by atoms with Crippen molar-refractivity contribution in [3.05, 3.63) is 29.3 Å². The Morgan fingerprint density at radius 1 is 1.47 bits per heavy atom. The summed E-state index contributed by atoms with van der Waals surface area (Å²) < 4.78 is 32.1. The van der Waals surface area contributed by atoms with Crippen molar-refractivity contribution in [1.29, 1.82) is 0 Å². The fraction of sp³-hybridized carbons (Fsp3) is 0.333. The van der Waals surface area contributed by atoms with Crippen LogP contribution in [0.1, 0.15) is 19.4 Å². The molecule has 1 rings (SSSR count). The van der Waals surface area contributed by atoms with Gasteiger partial charge in [-0.25, -0.2) is 13.6 Å². The monoisotopic (exact) mass is 288 g/mol. The van der Waals surface area contributed by atoms with E-state index in [1.807, 2.05) is 0 Å². The summed E-state index contributed by atoms with van der Waals surface area (Å²) in [6.07, 6.45) is 0. The smallest absolute Gasteiger partial charge is 0.328 e. The first-order valence-corrected chi connectivity index (χ1v) is 6.00. The first-order valence-electron chi connectivity index (χ1n) is 5.59. The second-order valence-corrected chi connectivity index (χ2v) is 4.21. The van der Waals surface area contributed by atoms with Gasteiger partial charge in [-0.3, -0.25) is 0 Å². The highest BCUT2D eigenvalue weighted by atomic mass is 32.1. The molecular weight excluding hydrogens is 274 g/mol. The fourth-order valence-electron chi connectivity index (χ4n) is 1.41. The molecule has 4 nitrogen and oxygen atoms in total. The van der Waals surface area contributed by atoms with Crippen LogP contribution in [0, 0.1) is 11.6 Å². The summed E-state index contributed by atoms with van der Waals surface area (Å²) in [7, 11) is 0. The van der Waals surface area contributed by atoms with Crippen molar-refractivity contribution in [3.8, 4) is 0 Å². The Kier molecular flexibility index (Phi) is 5.17. The molecule has 0 saturated heterocycles. The van der Waals surface area contributed by atoms with Gasteiger partial charge in [-0.2, -0.15) is 0 Å². The van der Waals surface area contributed by atoms with Gasteiger partial charge in [-0.15, -0.1) is 0 Å². The van der Waals surface area contributed by atoms with E-state index in [-0.39, 0.29) is 22.8 Å². The third-order valence-corrected chi connectivity index (χ3v) is 2.58. The van der Waals surface area contributed by atoms with Crippen molar-refractivity contribution in [2.24, 2.45) is 5.73 Å². The number of carbonyl (C=O) groups is 1. The summed E-state index contributed by atoms with van der Waals surface area (Å²) >= 11 is 4.59. The molecular formula is C12H14F2N2O2S. The number of benzene rings is 1. The molecule has 0 amide bonds. The van der Waals surface area contributed by atoms with E-state index in [9.17, 15) is 13.6 Å². The van der Waals surface area contributed by atoms with Crippen LogP contribution in [-0.2, 0) is 9.53 Å². The van der Waals surface area contributed by atoms with Crippen molar-refractivity contribution in [2.45, 2.75) is 19.9 Å². The molecule has 0 aliphatic heterocycles. The lowest BCUT2D eigenvalue weighted by atomic mass is 10.1. The molecule has 1 unspecified atom stereocenters. The number of rotatable bonds is 5. The van der Waals surface area contributed by atoms with E-state index in [4.69, 9.17) is 10.5 Å². The zero-order chi connectivity index (χ0) is 14.6. The van der Waals surface area contributed by atoms with Gasteiger partial charge < -0.3 is 15.8 Å². The van der Waals surface area contributed by atoms with Crippen LogP contribution in [0.25, 0.3) is 0 Å². The molecule has 0 bridgehead atoms. The van der Waals surface area contributed by atoms with E-state index in [1.165, 1.54) is 19.1 Å². The Balaban J connectivity index is 2.95. The molecule has 0 radical (unpaired) electrons. The van der Waals surface area contributed by atoms with Crippen LogP contribution in [0.15, 0.2) is 12.1 Å². The average Bonchev–Trinajstić information content (AvgIpc) is 2.34. The Morgan fingerprint density at radius 3 is 2.63 bits per heavy atom. The van der Waals surface area contributed by atoms with Gasteiger partial charge in [-0.1, -0.05) is 12.2 Å². The molecule has 1 aromatic carbocycles. The molecule has 0 saturated carbocycles. The Hall–Kier alpha value is -1.76. The first kappa shape index (κ1) is 15.3. The topological polar surface area (TPSA) is 64.3 Å². The molecule has 0 fully saturated rings. The minimum absolute atomic E-state index is 0.155. The normalized spacial score (nSPS) is 11.8. The van der Waals surface area contributed by atoms with Gasteiger partial charge in [0.2, 0.25) is 0 Å². The molecule has 0 aliphatic rings. The maximum atomic E-state index is 13.7. The highest BCUT2D eigenvalue weighted by Gasteiger charge is 2.19. The molecule has 0 heterocycles. The largest absolute Gasteiger partial charge is 0.464 e. The Bertz CT molecular complexity index is 509. The van der Waals surface area contributed by atoms with Crippen LogP contribution in [0.2, 0.25) is 0 Å². The number of ether oxygens (including phenoxy) is 1. The van der Waals surface area contributed by atoms with Crippen molar-refractivity contribution in [2.75, 3.05) is 11.9 Å². The zero-order valence-electron chi connectivity index (χ0n) is 10.5. The van der Waals surface area contributed by atoms with Crippen molar-refractivity contribution in [1.82, 2.24) is 0 Å². The molecule has 7 heteroatoms. The molecule has 0 spiro atoms. The number of nitrogens with two attached hydrogens (primary N) is 1. The number of nitrogens with one attached hydrogen (secondary N) is 1. The fourth-order valence-corrected chi connectivity index (χ4v) is 1.57. The highest BCUT2D eigenvalue weighted by molar-refractivity contribution is 7.80. The van der Waals surface area contributed by atoms with Crippen molar-refractivity contribution < 1.29 is 18.3 Å². The number of anilines is 1. The summed E-state index contributed by atoms with van der Waals surface area (Å²) in [5.41, 5.74) is 4.92. The van der Waals surface area contributed by atoms with Crippen LogP contribution in [-0.4, -0.2) is 23.6 Å². The molecule has 1 atom stereocenters. The minimum Gasteiger partial charge on any atom is -0.464 e.